The highest BCUT2D eigenvalue weighted by molar-refractivity contribution is 5.88. The molecule has 2 N–H and O–H groups in total. The maximum absolute atomic E-state index is 12.6. The molecule has 0 saturated heterocycles. The topological polar surface area (TPSA) is 49.3 Å². The highest BCUT2D eigenvalue weighted by Gasteiger charge is 2.31. The van der Waals surface area contributed by atoms with Crippen molar-refractivity contribution in [2.24, 2.45) is 0 Å². The minimum atomic E-state index is -4.40. The number of hydrogen-bond donors (Lipinski definition) is 2. The smallest absolute Gasteiger partial charge is 0.416 e. The van der Waals surface area contributed by atoms with E-state index in [0.717, 1.165) is 12.1 Å². The zero-order valence-corrected chi connectivity index (χ0v) is 9.92. The van der Waals surface area contributed by atoms with Crippen molar-refractivity contribution in [1.29, 1.82) is 0 Å². The maximum atomic E-state index is 12.6. The van der Waals surface area contributed by atoms with E-state index in [2.05, 4.69) is 5.32 Å². The molecule has 0 unspecified atom stereocenters. The summed E-state index contributed by atoms with van der Waals surface area (Å²) in [6.07, 6.45) is -2.27. The Labute approximate surface area is 107 Å². The molecule has 0 aliphatic carbocycles. The molecule has 0 aromatic heterocycles. The molecule has 1 aromatic rings. The maximum Gasteiger partial charge on any atom is 0.416 e. The number of aliphatic carboxylic acids is 1. The Kier molecular flexibility index (Phi) is 3.50. The Morgan fingerprint density at radius 2 is 2.11 bits per heavy atom. The van der Waals surface area contributed by atoms with Crippen LogP contribution in [0.5, 0.6) is 0 Å². The van der Waals surface area contributed by atoms with Crippen molar-refractivity contribution in [2.75, 3.05) is 11.9 Å². The highest BCUT2D eigenvalue weighted by atomic mass is 19.4. The zero-order chi connectivity index (χ0) is 14.0. The van der Waals surface area contributed by atoms with E-state index in [0.29, 0.717) is 29.8 Å². The van der Waals surface area contributed by atoms with Crippen LogP contribution in [0.2, 0.25) is 0 Å². The second-order valence-corrected chi connectivity index (χ2v) is 4.27. The average Bonchev–Trinajstić information content (AvgIpc) is 2.49. The number of anilines is 1. The summed E-state index contributed by atoms with van der Waals surface area (Å²) in [5.74, 6) is -1.00. The number of hydrogen-bond acceptors (Lipinski definition) is 2. The van der Waals surface area contributed by atoms with Gasteiger partial charge in [0.05, 0.1) is 12.0 Å². The summed E-state index contributed by atoms with van der Waals surface area (Å²) in [5.41, 5.74) is 0.657. The van der Waals surface area contributed by atoms with E-state index in [1.165, 1.54) is 6.07 Å². The number of carboxylic acids is 1. The molecular weight excluding hydrogens is 259 g/mol. The number of nitrogens with one attached hydrogen (secondary N) is 1. The van der Waals surface area contributed by atoms with E-state index < -0.39 is 17.7 Å². The van der Waals surface area contributed by atoms with Crippen LogP contribution in [0.1, 0.15) is 24.0 Å². The van der Waals surface area contributed by atoms with Gasteiger partial charge in [-0.15, -0.1) is 0 Å². The summed E-state index contributed by atoms with van der Waals surface area (Å²) in [5, 5.41) is 11.7. The summed E-state index contributed by atoms with van der Waals surface area (Å²) in [4.78, 5) is 10.8. The fraction of sp³-hybridized carbons (Fsp3) is 0.308. The van der Waals surface area contributed by atoms with Crippen molar-refractivity contribution in [1.82, 2.24) is 0 Å². The molecule has 3 nitrogen and oxygen atoms in total. The van der Waals surface area contributed by atoms with Crippen molar-refractivity contribution in [3.63, 3.8) is 0 Å². The predicted octanol–water partition coefficient (Wildman–Crippen LogP) is 3.38. The first-order valence-electron chi connectivity index (χ1n) is 5.74. The third-order valence-corrected chi connectivity index (χ3v) is 2.89. The molecule has 1 heterocycles. The molecule has 0 fully saturated rings. The summed E-state index contributed by atoms with van der Waals surface area (Å²) >= 11 is 0. The largest absolute Gasteiger partial charge is 0.481 e. The van der Waals surface area contributed by atoms with E-state index in [1.54, 1.807) is 6.08 Å². The fourth-order valence-electron chi connectivity index (χ4n) is 2.04. The average molecular weight is 271 g/mol. The number of alkyl halides is 3. The molecule has 1 aromatic carbocycles. The Morgan fingerprint density at radius 1 is 1.37 bits per heavy atom. The molecule has 2 rings (SSSR count). The van der Waals surface area contributed by atoms with Crippen LogP contribution < -0.4 is 5.32 Å². The molecular formula is C13H12F3NO2. The molecule has 102 valence electrons. The Morgan fingerprint density at radius 3 is 2.74 bits per heavy atom. The standard InChI is InChI=1S/C13H12F3NO2/c14-13(15,16)9-3-4-10-8(6-12(18)19)2-1-5-17-11(10)7-9/h2-4,7,17H,1,5-6H2,(H,18,19). The predicted molar refractivity (Wildman–Crippen MR) is 64.8 cm³/mol. The van der Waals surface area contributed by atoms with Gasteiger partial charge in [0, 0.05) is 17.8 Å². The molecule has 0 atom stereocenters. The lowest BCUT2D eigenvalue weighted by molar-refractivity contribution is -0.138. The SMILES string of the molecule is O=C(O)CC1=CCCNc2cc(C(F)(F)F)ccc21. The molecule has 0 saturated carbocycles. The molecule has 6 heteroatoms. The van der Waals surface area contributed by atoms with Crippen molar-refractivity contribution in [3.8, 4) is 0 Å². The van der Waals surface area contributed by atoms with Gasteiger partial charge >= 0.3 is 12.1 Å². The number of rotatable bonds is 2. The van der Waals surface area contributed by atoms with Gasteiger partial charge in [-0.3, -0.25) is 4.79 Å². The van der Waals surface area contributed by atoms with E-state index in [1.807, 2.05) is 0 Å². The van der Waals surface area contributed by atoms with Gasteiger partial charge in [-0.25, -0.2) is 0 Å². The lowest BCUT2D eigenvalue weighted by Crippen LogP contribution is -2.08. The molecule has 0 bridgehead atoms. The number of benzene rings is 1. The lowest BCUT2D eigenvalue weighted by Gasteiger charge is -2.14. The number of carbonyl (C=O) groups is 1. The number of fused-ring (bicyclic) bond motifs is 1. The molecule has 19 heavy (non-hydrogen) atoms. The number of halogens is 3. The van der Waals surface area contributed by atoms with Gasteiger partial charge in [0.2, 0.25) is 0 Å². The Hall–Kier alpha value is -1.98. The Balaban J connectivity index is 2.43. The summed E-state index contributed by atoms with van der Waals surface area (Å²) < 4.78 is 37.9. The Bertz CT molecular complexity index is 535. The third-order valence-electron chi connectivity index (χ3n) is 2.89. The summed E-state index contributed by atoms with van der Waals surface area (Å²) in [7, 11) is 0. The van der Waals surface area contributed by atoms with Crippen molar-refractivity contribution < 1.29 is 23.1 Å². The quantitative estimate of drug-likeness (QED) is 0.867. The second kappa shape index (κ2) is 4.95. The zero-order valence-electron chi connectivity index (χ0n) is 9.92. The molecule has 1 aliphatic rings. The molecule has 0 radical (unpaired) electrons. The van der Waals surface area contributed by atoms with Gasteiger partial charge in [0.1, 0.15) is 0 Å². The normalized spacial score (nSPS) is 15.0. The van der Waals surface area contributed by atoms with Gasteiger partial charge < -0.3 is 10.4 Å². The van der Waals surface area contributed by atoms with E-state index in [-0.39, 0.29) is 6.42 Å². The minimum absolute atomic E-state index is 0.194. The van der Waals surface area contributed by atoms with Crippen LogP contribution in [0.25, 0.3) is 5.57 Å². The van der Waals surface area contributed by atoms with Crippen LogP contribution in [-0.4, -0.2) is 17.6 Å². The fourth-order valence-corrected chi connectivity index (χ4v) is 2.04. The lowest BCUT2D eigenvalue weighted by atomic mass is 9.99. The monoisotopic (exact) mass is 271 g/mol. The van der Waals surface area contributed by atoms with Crippen molar-refractivity contribution in [2.45, 2.75) is 19.0 Å². The van der Waals surface area contributed by atoms with Crippen LogP contribution in [0.15, 0.2) is 24.3 Å². The van der Waals surface area contributed by atoms with E-state index in [9.17, 15) is 18.0 Å². The van der Waals surface area contributed by atoms with Crippen LogP contribution in [0, 0.1) is 0 Å². The summed E-state index contributed by atoms with van der Waals surface area (Å²) in [6.45, 7) is 0.484. The summed E-state index contributed by atoms with van der Waals surface area (Å²) in [6, 6.07) is 3.32. The van der Waals surface area contributed by atoms with Crippen LogP contribution in [-0.2, 0) is 11.0 Å². The first-order valence-corrected chi connectivity index (χ1v) is 5.74. The van der Waals surface area contributed by atoms with Gasteiger partial charge in [-0.2, -0.15) is 13.2 Å². The van der Waals surface area contributed by atoms with Crippen LogP contribution in [0.3, 0.4) is 0 Å². The van der Waals surface area contributed by atoms with E-state index in [4.69, 9.17) is 5.11 Å². The van der Waals surface area contributed by atoms with Gasteiger partial charge in [-0.05, 0) is 24.1 Å². The van der Waals surface area contributed by atoms with Gasteiger partial charge in [-0.1, -0.05) is 12.1 Å². The molecule has 1 aliphatic heterocycles. The van der Waals surface area contributed by atoms with Gasteiger partial charge in [0.25, 0.3) is 0 Å². The molecule has 0 amide bonds. The molecule has 0 spiro atoms. The van der Waals surface area contributed by atoms with Crippen molar-refractivity contribution >= 4 is 17.2 Å². The first kappa shape index (κ1) is 13.5. The second-order valence-electron chi connectivity index (χ2n) is 4.27. The van der Waals surface area contributed by atoms with Crippen LogP contribution in [0.4, 0.5) is 18.9 Å². The third kappa shape index (κ3) is 3.07. The minimum Gasteiger partial charge on any atom is -0.481 e. The number of carboxylic acid groups (broad SMARTS) is 1. The van der Waals surface area contributed by atoms with E-state index >= 15 is 0 Å². The van der Waals surface area contributed by atoms with Crippen LogP contribution >= 0.6 is 0 Å². The van der Waals surface area contributed by atoms with Gasteiger partial charge in [0.15, 0.2) is 0 Å². The highest BCUT2D eigenvalue weighted by Crippen LogP contribution is 2.36. The van der Waals surface area contributed by atoms with Crippen molar-refractivity contribution in [3.05, 3.63) is 35.4 Å². The first-order chi connectivity index (χ1) is 8.88.